The number of hydrogen-bond acceptors (Lipinski definition) is 4. The molecule has 0 bridgehead atoms. The molecule has 7 nitrogen and oxygen atoms in total. The average molecular weight is 529 g/mol. The van der Waals surface area contributed by atoms with Crippen LogP contribution in [0.15, 0.2) is 78.9 Å². The fraction of sp³-hybridized carbons (Fsp3) is 0.233. The van der Waals surface area contributed by atoms with Gasteiger partial charge in [0.1, 0.15) is 5.75 Å². The van der Waals surface area contributed by atoms with Crippen molar-refractivity contribution < 1.29 is 14.7 Å². The second-order valence-electron chi connectivity index (χ2n) is 9.51. The summed E-state index contributed by atoms with van der Waals surface area (Å²) in [4.78, 5) is 25.9. The van der Waals surface area contributed by atoms with Gasteiger partial charge in [0.2, 0.25) is 0 Å². The number of anilines is 1. The molecule has 0 unspecified atom stereocenters. The number of hydrogen-bond donors (Lipinski definition) is 3. The molecule has 0 spiro atoms. The van der Waals surface area contributed by atoms with E-state index in [1.54, 1.807) is 36.4 Å². The number of nitrogens with zero attached hydrogens (tertiary/aromatic N) is 2. The molecule has 1 aliphatic carbocycles. The SMILES string of the molecule is O=C(Nc1ccc(O)c(-c2cc(C3CCCC3)n(C(=O)NCCc3ccccc3)n2)c1)c1ccc(Cl)cc1. The molecule has 1 fully saturated rings. The number of halogens is 1. The van der Waals surface area contributed by atoms with Crippen molar-refractivity contribution in [2.75, 3.05) is 11.9 Å². The van der Waals surface area contributed by atoms with Gasteiger partial charge < -0.3 is 15.7 Å². The highest BCUT2D eigenvalue weighted by Gasteiger charge is 2.26. The van der Waals surface area contributed by atoms with Crippen LogP contribution in [-0.4, -0.2) is 33.4 Å². The smallest absolute Gasteiger partial charge is 0.342 e. The summed E-state index contributed by atoms with van der Waals surface area (Å²) in [5.74, 6) is -0.0547. The minimum absolute atomic E-state index is 0.0154. The summed E-state index contributed by atoms with van der Waals surface area (Å²) in [6.45, 7) is 0.486. The van der Waals surface area contributed by atoms with E-state index in [4.69, 9.17) is 11.6 Å². The lowest BCUT2D eigenvalue weighted by atomic mass is 10.0. The zero-order valence-corrected chi connectivity index (χ0v) is 21.6. The number of carbonyl (C=O) groups is 2. The maximum Gasteiger partial charge on any atom is 0.342 e. The third kappa shape index (κ3) is 5.89. The number of phenols is 1. The summed E-state index contributed by atoms with van der Waals surface area (Å²) in [7, 11) is 0. The van der Waals surface area contributed by atoms with Gasteiger partial charge in [-0.15, -0.1) is 0 Å². The Balaban J connectivity index is 1.38. The lowest BCUT2D eigenvalue weighted by Gasteiger charge is -2.12. The van der Waals surface area contributed by atoms with Gasteiger partial charge in [0.05, 0.1) is 11.4 Å². The van der Waals surface area contributed by atoms with E-state index in [0.717, 1.165) is 43.4 Å². The van der Waals surface area contributed by atoms with Crippen LogP contribution in [0.5, 0.6) is 5.75 Å². The molecule has 38 heavy (non-hydrogen) atoms. The van der Waals surface area contributed by atoms with Crippen LogP contribution < -0.4 is 10.6 Å². The number of aromatic hydroxyl groups is 1. The van der Waals surface area contributed by atoms with Gasteiger partial charge in [-0.25, -0.2) is 4.79 Å². The first-order valence-corrected chi connectivity index (χ1v) is 13.2. The van der Waals surface area contributed by atoms with E-state index >= 15 is 0 Å². The van der Waals surface area contributed by atoms with E-state index in [0.29, 0.717) is 34.1 Å². The predicted molar refractivity (Wildman–Crippen MR) is 149 cm³/mol. The molecule has 194 valence electrons. The van der Waals surface area contributed by atoms with E-state index < -0.39 is 0 Å². The summed E-state index contributed by atoms with van der Waals surface area (Å²) in [5, 5.41) is 21.7. The molecule has 0 atom stereocenters. The first kappa shape index (κ1) is 25.5. The number of benzene rings is 3. The monoisotopic (exact) mass is 528 g/mol. The second-order valence-corrected chi connectivity index (χ2v) is 9.94. The molecule has 1 saturated carbocycles. The van der Waals surface area contributed by atoms with E-state index in [9.17, 15) is 14.7 Å². The fourth-order valence-electron chi connectivity index (χ4n) is 4.86. The highest BCUT2D eigenvalue weighted by atomic mass is 35.5. The number of rotatable bonds is 7. The maximum absolute atomic E-state index is 13.2. The minimum Gasteiger partial charge on any atom is -0.507 e. The van der Waals surface area contributed by atoms with Gasteiger partial charge in [0.15, 0.2) is 0 Å². The Morgan fingerprint density at radius 2 is 1.71 bits per heavy atom. The van der Waals surface area contributed by atoms with E-state index in [1.807, 2.05) is 36.4 Å². The average Bonchev–Trinajstić information content (AvgIpc) is 3.61. The minimum atomic E-state index is -0.298. The molecule has 5 rings (SSSR count). The number of nitrogens with one attached hydrogen (secondary N) is 2. The lowest BCUT2D eigenvalue weighted by Crippen LogP contribution is -2.32. The highest BCUT2D eigenvalue weighted by Crippen LogP contribution is 2.38. The molecule has 2 amide bonds. The van der Waals surface area contributed by atoms with E-state index in [-0.39, 0.29) is 23.6 Å². The van der Waals surface area contributed by atoms with Crippen molar-refractivity contribution in [3.63, 3.8) is 0 Å². The topological polar surface area (TPSA) is 96.2 Å². The van der Waals surface area contributed by atoms with Crippen LogP contribution in [0.2, 0.25) is 5.02 Å². The lowest BCUT2D eigenvalue weighted by molar-refractivity contribution is 0.102. The Morgan fingerprint density at radius 3 is 2.45 bits per heavy atom. The molecule has 0 aliphatic heterocycles. The van der Waals surface area contributed by atoms with E-state index in [1.165, 1.54) is 10.7 Å². The van der Waals surface area contributed by atoms with Crippen molar-refractivity contribution in [1.29, 1.82) is 0 Å². The van der Waals surface area contributed by atoms with Crippen molar-refractivity contribution in [3.05, 3.63) is 101 Å². The van der Waals surface area contributed by atoms with Crippen molar-refractivity contribution in [2.45, 2.75) is 38.0 Å². The van der Waals surface area contributed by atoms with Gasteiger partial charge in [0.25, 0.3) is 5.91 Å². The summed E-state index contributed by atoms with van der Waals surface area (Å²) >= 11 is 5.93. The standard InChI is InChI=1S/C30H29ClN4O3/c31-23-12-10-22(11-13-23)29(37)33-24-14-15-28(36)25(18-24)26-19-27(21-8-4-5-9-21)35(34-26)30(38)32-17-16-20-6-2-1-3-7-20/h1-3,6-7,10-15,18-19,21,36H,4-5,8-9,16-17H2,(H,32,38)(H,33,37). The predicted octanol–water partition coefficient (Wildman–Crippen LogP) is 6.62. The summed E-state index contributed by atoms with van der Waals surface area (Å²) in [6, 6.07) is 23.0. The van der Waals surface area contributed by atoms with Crippen molar-refractivity contribution in [3.8, 4) is 17.0 Å². The number of phenolic OH excluding ortho intramolecular Hbond substituents is 1. The molecule has 1 aliphatic rings. The molecule has 3 aromatic carbocycles. The van der Waals surface area contributed by atoms with Gasteiger partial charge in [-0.3, -0.25) is 4.79 Å². The normalized spacial score (nSPS) is 13.4. The van der Waals surface area contributed by atoms with Gasteiger partial charge >= 0.3 is 6.03 Å². The van der Waals surface area contributed by atoms with Crippen LogP contribution in [0.4, 0.5) is 10.5 Å². The number of amides is 2. The molecule has 1 aromatic heterocycles. The van der Waals surface area contributed by atoms with Gasteiger partial charge in [-0.05, 0) is 73.4 Å². The van der Waals surface area contributed by atoms with Crippen LogP contribution >= 0.6 is 11.6 Å². The van der Waals surface area contributed by atoms with Crippen LogP contribution in [0.1, 0.15) is 53.2 Å². The summed E-state index contributed by atoms with van der Waals surface area (Å²) < 4.78 is 1.44. The zero-order valence-electron chi connectivity index (χ0n) is 20.9. The van der Waals surface area contributed by atoms with Gasteiger partial charge in [0, 0.05) is 34.3 Å². The molecule has 1 heterocycles. The Bertz CT molecular complexity index is 1430. The molecule has 0 radical (unpaired) electrons. The number of carbonyl (C=O) groups excluding carboxylic acids is 2. The molecular weight excluding hydrogens is 500 g/mol. The molecule has 3 N–H and O–H groups in total. The third-order valence-corrected chi connectivity index (χ3v) is 7.12. The molecule has 0 saturated heterocycles. The van der Waals surface area contributed by atoms with Crippen LogP contribution in [0.25, 0.3) is 11.3 Å². The third-order valence-electron chi connectivity index (χ3n) is 6.87. The molecular formula is C30H29ClN4O3. The quantitative estimate of drug-likeness (QED) is 0.235. The Kier molecular flexibility index (Phi) is 7.75. The van der Waals surface area contributed by atoms with Crippen molar-refractivity contribution >= 4 is 29.2 Å². The van der Waals surface area contributed by atoms with Gasteiger partial charge in [-0.2, -0.15) is 9.78 Å². The Hall–Kier alpha value is -4.10. The van der Waals surface area contributed by atoms with Crippen LogP contribution in [-0.2, 0) is 6.42 Å². The second kappa shape index (κ2) is 11.5. The van der Waals surface area contributed by atoms with Crippen molar-refractivity contribution in [2.24, 2.45) is 0 Å². The number of aromatic nitrogens is 2. The summed E-state index contributed by atoms with van der Waals surface area (Å²) in [6.07, 6.45) is 4.92. The van der Waals surface area contributed by atoms with Crippen molar-refractivity contribution in [1.82, 2.24) is 15.1 Å². The highest BCUT2D eigenvalue weighted by molar-refractivity contribution is 6.30. The largest absolute Gasteiger partial charge is 0.507 e. The van der Waals surface area contributed by atoms with Crippen LogP contribution in [0.3, 0.4) is 0 Å². The Labute approximate surface area is 226 Å². The van der Waals surface area contributed by atoms with Gasteiger partial charge in [-0.1, -0.05) is 54.8 Å². The summed E-state index contributed by atoms with van der Waals surface area (Å²) in [5.41, 5.74) is 3.86. The van der Waals surface area contributed by atoms with Crippen LogP contribution in [0, 0.1) is 0 Å². The fourth-order valence-corrected chi connectivity index (χ4v) is 4.99. The molecule has 8 heteroatoms. The Morgan fingerprint density at radius 1 is 0.974 bits per heavy atom. The molecule has 4 aromatic rings. The first-order valence-electron chi connectivity index (χ1n) is 12.8. The zero-order chi connectivity index (χ0) is 26.5. The first-order chi connectivity index (χ1) is 18.5. The maximum atomic E-state index is 13.2. The van der Waals surface area contributed by atoms with E-state index in [2.05, 4.69) is 15.7 Å².